The van der Waals surface area contributed by atoms with E-state index in [9.17, 15) is 23.1 Å². The number of nitrogens with one attached hydrogen (secondary N) is 2. The van der Waals surface area contributed by atoms with Crippen molar-refractivity contribution < 1.29 is 23.1 Å². The highest BCUT2D eigenvalue weighted by Crippen LogP contribution is 2.19. The van der Waals surface area contributed by atoms with Gasteiger partial charge in [-0.05, 0) is 56.7 Å². The number of anilines is 1. The van der Waals surface area contributed by atoms with Gasteiger partial charge in [-0.1, -0.05) is 0 Å². The highest BCUT2D eigenvalue weighted by Gasteiger charge is 2.37. The molecule has 0 spiro atoms. The maximum Gasteiger partial charge on any atom is 0.258 e. The molecule has 2 rings (SSSR count). The zero-order chi connectivity index (χ0) is 21.1. The molecule has 0 bridgehead atoms. The molecule has 0 unspecified atom stereocenters. The topological polar surface area (TPSA) is 138 Å². The second-order valence-corrected chi connectivity index (χ2v) is 8.58. The summed E-state index contributed by atoms with van der Waals surface area (Å²) in [5, 5.41) is 22.9. The molecule has 0 fully saturated rings. The Morgan fingerprint density at radius 3 is 2.29 bits per heavy atom. The number of aryl methyl sites for hydroxylation is 2. The van der Waals surface area contributed by atoms with Crippen molar-refractivity contribution in [2.24, 2.45) is 0 Å². The average Bonchev–Trinajstić information content (AvgIpc) is 2.63. The predicted molar refractivity (Wildman–Crippen MR) is 103 cm³/mol. The van der Waals surface area contributed by atoms with Crippen molar-refractivity contribution in [1.82, 2.24) is 15.5 Å². The summed E-state index contributed by atoms with van der Waals surface area (Å²) in [7, 11) is -2.54. The van der Waals surface area contributed by atoms with Gasteiger partial charge < -0.3 is 15.7 Å². The molecule has 10 heteroatoms. The minimum Gasteiger partial charge on any atom is -0.379 e. The smallest absolute Gasteiger partial charge is 0.258 e. The number of amides is 2. The number of aromatic nitrogens is 2. The summed E-state index contributed by atoms with van der Waals surface area (Å²) in [4.78, 5) is 23.8. The maximum atomic E-state index is 12.6. The number of hydrogen-bond acceptors (Lipinski definition) is 7. The number of nitrogens with zero attached hydrogens (tertiary/aromatic N) is 2. The SMILES string of the molecule is CNC(=O)c1ccc(S(=O)(=O)C[C@](C)(O)C(=O)Nc2cc(C)c(C)nn2)cc1. The van der Waals surface area contributed by atoms with Gasteiger partial charge in [0.1, 0.15) is 0 Å². The van der Waals surface area contributed by atoms with Crippen LogP contribution in [0.4, 0.5) is 5.82 Å². The van der Waals surface area contributed by atoms with E-state index in [1.807, 2.05) is 0 Å². The lowest BCUT2D eigenvalue weighted by Gasteiger charge is -2.22. The third kappa shape index (κ3) is 4.90. The first-order valence-corrected chi connectivity index (χ1v) is 10.0. The van der Waals surface area contributed by atoms with Crippen molar-refractivity contribution in [2.45, 2.75) is 31.3 Å². The van der Waals surface area contributed by atoms with E-state index in [1.165, 1.54) is 31.3 Å². The van der Waals surface area contributed by atoms with E-state index in [0.29, 0.717) is 11.3 Å². The summed E-state index contributed by atoms with van der Waals surface area (Å²) in [5.41, 5.74) is -0.445. The molecule has 2 amide bonds. The Balaban J connectivity index is 2.17. The molecule has 9 nitrogen and oxygen atoms in total. The normalized spacial score (nSPS) is 13.5. The van der Waals surface area contributed by atoms with Gasteiger partial charge in [0, 0.05) is 12.6 Å². The molecule has 0 saturated carbocycles. The number of hydrogen-bond donors (Lipinski definition) is 3. The van der Waals surface area contributed by atoms with Crippen LogP contribution in [-0.2, 0) is 14.6 Å². The number of aliphatic hydroxyl groups is 1. The average molecular weight is 406 g/mol. The fourth-order valence-electron chi connectivity index (χ4n) is 2.34. The van der Waals surface area contributed by atoms with E-state index in [2.05, 4.69) is 20.8 Å². The van der Waals surface area contributed by atoms with E-state index >= 15 is 0 Å². The van der Waals surface area contributed by atoms with Crippen molar-refractivity contribution in [3.8, 4) is 0 Å². The largest absolute Gasteiger partial charge is 0.379 e. The Hall–Kier alpha value is -2.85. The van der Waals surface area contributed by atoms with Crippen LogP contribution in [0.2, 0.25) is 0 Å². The third-order valence-electron chi connectivity index (χ3n) is 4.14. The highest BCUT2D eigenvalue weighted by atomic mass is 32.2. The van der Waals surface area contributed by atoms with E-state index < -0.39 is 27.1 Å². The van der Waals surface area contributed by atoms with Gasteiger partial charge in [-0.2, -0.15) is 5.10 Å². The van der Waals surface area contributed by atoms with Gasteiger partial charge in [0.05, 0.1) is 16.3 Å². The van der Waals surface area contributed by atoms with Crippen molar-refractivity contribution in [3.05, 3.63) is 47.2 Å². The van der Waals surface area contributed by atoms with Gasteiger partial charge in [0.15, 0.2) is 21.3 Å². The molecular formula is C18H22N4O5S. The minimum atomic E-state index is -4.00. The second kappa shape index (κ2) is 8.03. The van der Waals surface area contributed by atoms with Crippen LogP contribution in [0.25, 0.3) is 0 Å². The van der Waals surface area contributed by atoms with Crippen LogP contribution >= 0.6 is 0 Å². The quantitative estimate of drug-likeness (QED) is 0.639. The Kier molecular flexibility index (Phi) is 6.15. The van der Waals surface area contributed by atoms with Crippen LogP contribution in [0.5, 0.6) is 0 Å². The van der Waals surface area contributed by atoms with Gasteiger partial charge in [-0.15, -0.1) is 5.10 Å². The Bertz CT molecular complexity index is 1000. The van der Waals surface area contributed by atoms with Crippen molar-refractivity contribution in [1.29, 1.82) is 0 Å². The van der Waals surface area contributed by atoms with Gasteiger partial charge in [-0.3, -0.25) is 9.59 Å². The number of rotatable bonds is 6. The van der Waals surface area contributed by atoms with Crippen molar-refractivity contribution >= 4 is 27.5 Å². The molecular weight excluding hydrogens is 384 g/mol. The summed E-state index contributed by atoms with van der Waals surface area (Å²) in [6.45, 7) is 4.64. The first-order valence-electron chi connectivity index (χ1n) is 8.36. The fourth-order valence-corrected chi connectivity index (χ4v) is 3.92. The van der Waals surface area contributed by atoms with Crippen LogP contribution in [0.1, 0.15) is 28.5 Å². The molecule has 0 aliphatic rings. The first kappa shape index (κ1) is 21.5. The molecule has 1 atom stereocenters. The van der Waals surface area contributed by atoms with Gasteiger partial charge in [0.2, 0.25) is 0 Å². The summed E-state index contributed by atoms with van der Waals surface area (Å²) < 4.78 is 25.2. The molecule has 1 aromatic heterocycles. The van der Waals surface area contributed by atoms with Crippen LogP contribution in [0.15, 0.2) is 35.2 Å². The van der Waals surface area contributed by atoms with E-state index in [1.54, 1.807) is 19.9 Å². The standard InChI is InChI=1S/C18H22N4O5S/c1-11-9-15(22-21-12(11)2)20-17(24)18(3,25)10-28(26,27)14-7-5-13(6-8-14)16(23)19-4/h5-9,25H,10H2,1-4H3,(H,19,23)(H,20,22,24)/t18-/m0/s1. The van der Waals surface area contributed by atoms with Crippen molar-refractivity contribution in [2.75, 3.05) is 18.1 Å². The third-order valence-corrected chi connectivity index (χ3v) is 6.07. The molecule has 150 valence electrons. The number of carbonyl (C=O) groups is 2. The van der Waals surface area contributed by atoms with Crippen LogP contribution in [0.3, 0.4) is 0 Å². The van der Waals surface area contributed by atoms with Crippen LogP contribution < -0.4 is 10.6 Å². The lowest BCUT2D eigenvalue weighted by Crippen LogP contribution is -2.46. The first-order chi connectivity index (χ1) is 13.0. The van der Waals surface area contributed by atoms with E-state index in [0.717, 1.165) is 12.5 Å². The Labute approximate surface area is 163 Å². The van der Waals surface area contributed by atoms with Crippen molar-refractivity contribution in [3.63, 3.8) is 0 Å². The minimum absolute atomic E-state index is 0.112. The summed E-state index contributed by atoms with van der Waals surface area (Å²) in [5.74, 6) is -2.01. The summed E-state index contributed by atoms with van der Waals surface area (Å²) in [6, 6.07) is 6.78. The number of benzene rings is 1. The molecule has 0 saturated heterocycles. The molecule has 2 aromatic rings. The molecule has 3 N–H and O–H groups in total. The lowest BCUT2D eigenvalue weighted by molar-refractivity contribution is -0.130. The molecule has 28 heavy (non-hydrogen) atoms. The zero-order valence-corrected chi connectivity index (χ0v) is 16.8. The number of sulfone groups is 1. The molecule has 0 radical (unpaired) electrons. The zero-order valence-electron chi connectivity index (χ0n) is 16.0. The summed E-state index contributed by atoms with van der Waals surface area (Å²) in [6.07, 6.45) is 0. The number of carbonyl (C=O) groups excluding carboxylic acids is 2. The predicted octanol–water partition coefficient (Wildman–Crippen LogP) is 0.616. The Morgan fingerprint density at radius 1 is 1.14 bits per heavy atom. The van der Waals surface area contributed by atoms with Gasteiger partial charge in [0.25, 0.3) is 11.8 Å². The Morgan fingerprint density at radius 2 is 1.75 bits per heavy atom. The maximum absolute atomic E-state index is 12.6. The molecule has 1 aromatic carbocycles. The molecule has 0 aliphatic carbocycles. The summed E-state index contributed by atoms with van der Waals surface area (Å²) >= 11 is 0. The molecule has 0 aliphatic heterocycles. The van der Waals surface area contributed by atoms with E-state index in [-0.39, 0.29) is 16.6 Å². The lowest BCUT2D eigenvalue weighted by atomic mass is 10.1. The van der Waals surface area contributed by atoms with Gasteiger partial charge in [-0.25, -0.2) is 8.42 Å². The highest BCUT2D eigenvalue weighted by molar-refractivity contribution is 7.91. The van der Waals surface area contributed by atoms with Gasteiger partial charge >= 0.3 is 0 Å². The monoisotopic (exact) mass is 406 g/mol. The van der Waals surface area contributed by atoms with E-state index in [4.69, 9.17) is 0 Å². The second-order valence-electron chi connectivity index (χ2n) is 6.59. The molecule has 1 heterocycles. The van der Waals surface area contributed by atoms with Crippen LogP contribution in [0, 0.1) is 13.8 Å². The fraction of sp³-hybridized carbons (Fsp3) is 0.333. The van der Waals surface area contributed by atoms with Crippen LogP contribution in [-0.4, -0.2) is 53.9 Å².